The van der Waals surface area contributed by atoms with Gasteiger partial charge in [-0.05, 0) is 42.0 Å². The van der Waals surface area contributed by atoms with E-state index in [-0.39, 0.29) is 18.6 Å². The zero-order valence-corrected chi connectivity index (χ0v) is 31.9. The molecule has 0 unspecified atom stereocenters. The van der Waals surface area contributed by atoms with Crippen LogP contribution < -0.4 is 43.4 Å². The molecule has 15 N–H and O–H groups in total. The molecule has 0 aliphatic heterocycles. The van der Waals surface area contributed by atoms with Gasteiger partial charge in [0.2, 0.25) is 41.4 Å². The van der Waals surface area contributed by atoms with Gasteiger partial charge in [0, 0.05) is 12.8 Å². The zero-order valence-electron chi connectivity index (χ0n) is 31.9. The van der Waals surface area contributed by atoms with Gasteiger partial charge in [-0.2, -0.15) is 0 Å². The summed E-state index contributed by atoms with van der Waals surface area (Å²) in [4.78, 5) is 102. The smallest absolute Gasteiger partial charge is 0.328 e. The molecule has 0 saturated heterocycles. The minimum Gasteiger partial charge on any atom is -0.508 e. The van der Waals surface area contributed by atoms with Gasteiger partial charge < -0.3 is 68.9 Å². The third-order valence-corrected chi connectivity index (χ3v) is 8.63. The molecule has 21 nitrogen and oxygen atoms in total. The van der Waals surface area contributed by atoms with Gasteiger partial charge in [-0.25, -0.2) is 4.79 Å². The van der Waals surface area contributed by atoms with Crippen molar-refractivity contribution in [1.29, 1.82) is 0 Å². The van der Waals surface area contributed by atoms with E-state index in [1.54, 1.807) is 56.3 Å². The van der Waals surface area contributed by atoms with E-state index in [0.717, 1.165) is 0 Å². The average Bonchev–Trinajstić information content (AvgIpc) is 3.18. The normalized spacial score (nSPS) is 14.6. The number of benzene rings is 2. The predicted molar refractivity (Wildman–Crippen MR) is 204 cm³/mol. The van der Waals surface area contributed by atoms with Crippen LogP contribution >= 0.6 is 0 Å². The van der Waals surface area contributed by atoms with Gasteiger partial charge >= 0.3 is 5.97 Å². The maximum absolute atomic E-state index is 13.4. The number of aromatic hydroxyl groups is 1. The van der Waals surface area contributed by atoms with Crippen LogP contribution in [0.4, 0.5) is 0 Å². The number of aliphatic carboxylic acids is 1. The largest absolute Gasteiger partial charge is 0.508 e. The Bertz CT molecular complexity index is 1730. The average molecular weight is 817 g/mol. The number of carboxylic acid groups (broad SMARTS) is 1. The van der Waals surface area contributed by atoms with E-state index in [0.29, 0.717) is 11.1 Å². The summed E-state index contributed by atoms with van der Waals surface area (Å²) in [6.45, 7) is 0.194. The number of nitrogens with two attached hydrogens (primary N) is 2. The van der Waals surface area contributed by atoms with Gasteiger partial charge in [0.25, 0.3) is 0 Å². The first-order valence-electron chi connectivity index (χ1n) is 18.1. The van der Waals surface area contributed by atoms with Gasteiger partial charge in [0.1, 0.15) is 42.0 Å². The van der Waals surface area contributed by atoms with Crippen molar-refractivity contribution in [3.05, 3.63) is 65.7 Å². The van der Waals surface area contributed by atoms with Gasteiger partial charge in [-0.1, -0.05) is 56.3 Å². The number of rotatable bonds is 24. The molecule has 0 heterocycles. The number of hydrogen-bond acceptors (Lipinski definition) is 13. The standard InChI is InChI=1S/C37H52N8O13/c1-19(2)30(45-31(51)23(38)14-21-8-10-22(49)11-9-21)36(56)43-27(17-47)34(54)40-24(12-13-29(39)50)32(52)42-26(16-46)35(55)41-25(15-20-6-4-3-5-7-20)33(53)44-28(18-48)37(57)58/h3-11,19,23-28,30,46-49H,12-18,38H2,1-2H3,(H2,39,50)(H,40,54)(H,41,55)(H,42,52)(H,43,56)(H,44,53)(H,45,51)(H,57,58)/t23-,24-,25-,26-,27-,28-,30-/m0/s1. The van der Waals surface area contributed by atoms with Crippen LogP contribution in [0.15, 0.2) is 54.6 Å². The number of nitrogens with one attached hydrogen (secondary N) is 6. The summed E-state index contributed by atoms with van der Waals surface area (Å²) in [5, 5.41) is 61.9. The highest BCUT2D eigenvalue weighted by molar-refractivity contribution is 5.97. The van der Waals surface area contributed by atoms with Crippen molar-refractivity contribution in [2.24, 2.45) is 17.4 Å². The molecule has 0 spiro atoms. The summed E-state index contributed by atoms with van der Waals surface area (Å²) < 4.78 is 0. The van der Waals surface area contributed by atoms with Crippen molar-refractivity contribution in [1.82, 2.24) is 31.9 Å². The second-order valence-electron chi connectivity index (χ2n) is 13.6. The van der Waals surface area contributed by atoms with Gasteiger partial charge in [0.05, 0.1) is 25.9 Å². The second kappa shape index (κ2) is 23.8. The molecule has 318 valence electrons. The highest BCUT2D eigenvalue weighted by atomic mass is 16.4. The third-order valence-electron chi connectivity index (χ3n) is 8.63. The van der Waals surface area contributed by atoms with Crippen LogP contribution in [-0.4, -0.2) is 135 Å². The minimum atomic E-state index is -1.77. The Labute approximate surface area is 333 Å². The summed E-state index contributed by atoms with van der Waals surface area (Å²) in [6.07, 6.45) is -1.03. The van der Waals surface area contributed by atoms with Crippen LogP contribution in [0, 0.1) is 5.92 Å². The highest BCUT2D eigenvalue weighted by Gasteiger charge is 2.34. The maximum Gasteiger partial charge on any atom is 0.328 e. The van der Waals surface area contributed by atoms with Crippen LogP contribution in [0.5, 0.6) is 5.75 Å². The summed E-state index contributed by atoms with van der Waals surface area (Å²) in [6, 6.07) is 3.52. The molecule has 0 bridgehead atoms. The summed E-state index contributed by atoms with van der Waals surface area (Å²) >= 11 is 0. The molecule has 7 amide bonds. The summed E-state index contributed by atoms with van der Waals surface area (Å²) in [7, 11) is 0. The van der Waals surface area contributed by atoms with Gasteiger partial charge in [-0.15, -0.1) is 0 Å². The molecular formula is C37H52N8O13. The van der Waals surface area contributed by atoms with Crippen LogP contribution in [0.2, 0.25) is 0 Å². The highest BCUT2D eigenvalue weighted by Crippen LogP contribution is 2.12. The SMILES string of the molecule is CC(C)[C@H](NC(=O)[C@@H](N)Cc1ccc(O)cc1)C(=O)N[C@@H](CO)C(=O)N[C@@H](CCC(N)=O)C(=O)N[C@@H](CO)C(=O)N[C@@H](Cc1ccccc1)C(=O)N[C@@H](CO)C(=O)O. The number of aliphatic hydroxyl groups is 3. The number of carbonyl (C=O) groups is 8. The first kappa shape index (κ1) is 48.0. The fourth-order valence-corrected chi connectivity index (χ4v) is 5.31. The molecule has 58 heavy (non-hydrogen) atoms. The second-order valence-corrected chi connectivity index (χ2v) is 13.6. The summed E-state index contributed by atoms with van der Waals surface area (Å²) in [5.74, 6) is -8.95. The molecule has 0 aliphatic carbocycles. The van der Waals surface area contributed by atoms with Crippen molar-refractivity contribution >= 4 is 47.3 Å². The molecule has 0 fully saturated rings. The van der Waals surface area contributed by atoms with Crippen LogP contribution in [0.25, 0.3) is 0 Å². The fourth-order valence-electron chi connectivity index (χ4n) is 5.31. The Morgan fingerprint density at radius 1 is 0.569 bits per heavy atom. The van der Waals surface area contributed by atoms with E-state index in [1.807, 2.05) is 0 Å². The Morgan fingerprint density at radius 3 is 1.52 bits per heavy atom. The predicted octanol–water partition coefficient (Wildman–Crippen LogP) is -4.60. The Morgan fingerprint density at radius 2 is 1.02 bits per heavy atom. The number of carbonyl (C=O) groups excluding carboxylic acids is 7. The molecule has 0 saturated carbocycles. The van der Waals surface area contributed by atoms with Crippen LogP contribution in [0.3, 0.4) is 0 Å². The molecule has 21 heteroatoms. The Balaban J connectivity index is 2.19. The lowest BCUT2D eigenvalue weighted by Gasteiger charge is -2.27. The van der Waals surface area contributed by atoms with E-state index in [2.05, 4.69) is 31.9 Å². The minimum absolute atomic E-state index is 0.0175. The molecule has 0 aliphatic rings. The molecule has 0 aromatic heterocycles. The van der Waals surface area contributed by atoms with Gasteiger partial charge in [0.15, 0.2) is 0 Å². The number of phenols is 1. The van der Waals surface area contributed by atoms with Crippen molar-refractivity contribution < 1.29 is 63.9 Å². The topological polar surface area (TPSA) is 362 Å². The number of primary amides is 1. The molecule has 2 rings (SSSR count). The number of hydrogen-bond donors (Lipinski definition) is 13. The van der Waals surface area contributed by atoms with Crippen molar-refractivity contribution in [3.63, 3.8) is 0 Å². The zero-order chi connectivity index (χ0) is 43.5. The van der Waals surface area contributed by atoms with E-state index in [1.165, 1.54) is 12.1 Å². The number of carboxylic acids is 1. The van der Waals surface area contributed by atoms with E-state index in [4.69, 9.17) is 11.5 Å². The van der Waals surface area contributed by atoms with Crippen LogP contribution in [0.1, 0.15) is 37.8 Å². The monoisotopic (exact) mass is 816 g/mol. The van der Waals surface area contributed by atoms with Crippen molar-refractivity contribution in [2.45, 2.75) is 81.8 Å². The molecule has 7 atom stereocenters. The fraction of sp³-hybridized carbons (Fsp3) is 0.459. The Hall–Kier alpha value is -6.16. The molecule has 0 radical (unpaired) electrons. The first-order chi connectivity index (χ1) is 27.4. The molecule has 2 aromatic carbocycles. The molecular weight excluding hydrogens is 764 g/mol. The van der Waals surface area contributed by atoms with Crippen LogP contribution in [-0.2, 0) is 51.2 Å². The van der Waals surface area contributed by atoms with Gasteiger partial charge in [-0.3, -0.25) is 33.6 Å². The van der Waals surface area contributed by atoms with E-state index in [9.17, 15) is 63.9 Å². The van der Waals surface area contributed by atoms with Crippen molar-refractivity contribution in [3.8, 4) is 5.75 Å². The first-order valence-corrected chi connectivity index (χ1v) is 18.1. The van der Waals surface area contributed by atoms with E-state index < -0.39 is 128 Å². The summed E-state index contributed by atoms with van der Waals surface area (Å²) in [5.41, 5.74) is 12.5. The number of phenolic OH excluding ortho intramolecular Hbond substituents is 1. The maximum atomic E-state index is 13.4. The number of amides is 7. The number of aliphatic hydroxyl groups excluding tert-OH is 3. The van der Waals surface area contributed by atoms with E-state index >= 15 is 0 Å². The lowest BCUT2D eigenvalue weighted by molar-refractivity contribution is -0.143. The quantitative estimate of drug-likeness (QED) is 0.0474. The lowest BCUT2D eigenvalue weighted by atomic mass is 10.0. The van der Waals surface area contributed by atoms with Crippen molar-refractivity contribution in [2.75, 3.05) is 19.8 Å². The third kappa shape index (κ3) is 15.8. The molecule has 2 aromatic rings. The Kier molecular flexibility index (Phi) is 19.7. The lowest BCUT2D eigenvalue weighted by Crippen LogP contribution is -2.61.